The van der Waals surface area contributed by atoms with E-state index >= 15 is 0 Å². The van der Waals surface area contributed by atoms with Crippen LogP contribution in [-0.2, 0) is 0 Å². The zero-order chi connectivity index (χ0) is 12.8. The summed E-state index contributed by atoms with van der Waals surface area (Å²) < 4.78 is 0. The summed E-state index contributed by atoms with van der Waals surface area (Å²) in [7, 11) is 0. The number of anilines is 1. The topological polar surface area (TPSA) is 29.1 Å². The summed E-state index contributed by atoms with van der Waals surface area (Å²) in [6.45, 7) is 2.02. The Labute approximate surface area is 107 Å². The second kappa shape index (κ2) is 5.82. The molecule has 0 aliphatic rings. The zero-order valence-electron chi connectivity index (χ0n) is 10.3. The van der Waals surface area contributed by atoms with Crippen LogP contribution >= 0.6 is 0 Å². The van der Waals surface area contributed by atoms with Gasteiger partial charge in [0.05, 0.1) is 0 Å². The Morgan fingerprint density at radius 3 is 2.39 bits per heavy atom. The number of carbonyl (C=O) groups is 1. The zero-order valence-corrected chi connectivity index (χ0v) is 10.3. The van der Waals surface area contributed by atoms with Crippen molar-refractivity contribution in [2.75, 3.05) is 5.32 Å². The van der Waals surface area contributed by atoms with E-state index in [1.54, 1.807) is 24.4 Å². The minimum absolute atomic E-state index is 0.00307. The molecule has 0 spiro atoms. The first-order valence-corrected chi connectivity index (χ1v) is 5.85. The minimum Gasteiger partial charge on any atom is -0.361 e. The number of nitrogens with one attached hydrogen (secondary N) is 1. The first-order valence-electron chi connectivity index (χ1n) is 5.85. The van der Waals surface area contributed by atoms with Crippen molar-refractivity contribution in [1.29, 1.82) is 0 Å². The smallest absolute Gasteiger partial charge is 0.187 e. The van der Waals surface area contributed by atoms with E-state index in [1.165, 1.54) is 0 Å². The lowest BCUT2D eigenvalue weighted by Gasteiger charge is -2.03. The van der Waals surface area contributed by atoms with Crippen LogP contribution in [0.4, 0.5) is 5.69 Å². The first kappa shape index (κ1) is 12.1. The molecular formula is C16H15NO. The molecule has 2 aromatic carbocycles. The molecular weight excluding hydrogens is 222 g/mol. The van der Waals surface area contributed by atoms with Gasteiger partial charge in [-0.15, -0.1) is 0 Å². The van der Waals surface area contributed by atoms with Gasteiger partial charge in [0.15, 0.2) is 5.78 Å². The second-order valence-electron chi connectivity index (χ2n) is 4.02. The van der Waals surface area contributed by atoms with E-state index in [1.807, 2.05) is 49.4 Å². The molecule has 0 heterocycles. The van der Waals surface area contributed by atoms with E-state index in [4.69, 9.17) is 0 Å². The maximum Gasteiger partial charge on any atom is 0.187 e. The summed E-state index contributed by atoms with van der Waals surface area (Å²) in [4.78, 5) is 11.8. The molecule has 0 fully saturated rings. The molecule has 18 heavy (non-hydrogen) atoms. The molecule has 0 aliphatic heterocycles. The van der Waals surface area contributed by atoms with Crippen LogP contribution in [0, 0.1) is 6.92 Å². The van der Waals surface area contributed by atoms with E-state index in [2.05, 4.69) is 5.32 Å². The van der Waals surface area contributed by atoms with Gasteiger partial charge in [-0.25, -0.2) is 0 Å². The Morgan fingerprint density at radius 1 is 1.00 bits per heavy atom. The van der Waals surface area contributed by atoms with Crippen LogP contribution in [0.5, 0.6) is 0 Å². The summed E-state index contributed by atoms with van der Waals surface area (Å²) in [5, 5.41) is 3.11. The third-order valence-corrected chi connectivity index (χ3v) is 2.68. The molecule has 0 atom stereocenters. The molecule has 0 radical (unpaired) electrons. The van der Waals surface area contributed by atoms with Crippen molar-refractivity contribution in [3.63, 3.8) is 0 Å². The molecule has 0 aliphatic carbocycles. The van der Waals surface area contributed by atoms with Gasteiger partial charge in [-0.2, -0.15) is 0 Å². The Kier molecular flexibility index (Phi) is 3.92. The number of benzene rings is 2. The predicted octanol–water partition coefficient (Wildman–Crippen LogP) is 3.80. The van der Waals surface area contributed by atoms with Gasteiger partial charge in [-0.1, -0.05) is 48.5 Å². The molecule has 1 N–H and O–H groups in total. The summed E-state index contributed by atoms with van der Waals surface area (Å²) in [6, 6.07) is 17.2. The largest absolute Gasteiger partial charge is 0.361 e. The fourth-order valence-electron chi connectivity index (χ4n) is 1.64. The van der Waals surface area contributed by atoms with E-state index in [0.717, 1.165) is 11.3 Å². The van der Waals surface area contributed by atoms with Crippen molar-refractivity contribution in [1.82, 2.24) is 0 Å². The maximum atomic E-state index is 11.8. The monoisotopic (exact) mass is 237 g/mol. The molecule has 0 amide bonds. The number of rotatable bonds is 4. The highest BCUT2D eigenvalue weighted by molar-refractivity contribution is 6.04. The summed E-state index contributed by atoms with van der Waals surface area (Å²) in [5.74, 6) is -0.00307. The number of para-hydroxylation sites is 1. The van der Waals surface area contributed by atoms with Gasteiger partial charge >= 0.3 is 0 Å². The fraction of sp³-hybridized carbons (Fsp3) is 0.0625. The van der Waals surface area contributed by atoms with E-state index in [-0.39, 0.29) is 5.78 Å². The van der Waals surface area contributed by atoms with Crippen LogP contribution in [0.1, 0.15) is 15.9 Å². The highest BCUT2D eigenvalue weighted by Crippen LogP contribution is 2.12. The van der Waals surface area contributed by atoms with E-state index < -0.39 is 0 Å². The molecule has 0 saturated heterocycles. The third-order valence-electron chi connectivity index (χ3n) is 2.68. The SMILES string of the molecule is Cc1ccccc1N/C=C/C(=O)c1ccccc1. The second-order valence-corrected chi connectivity index (χ2v) is 4.02. The molecule has 0 unspecified atom stereocenters. The molecule has 2 heteroatoms. The van der Waals surface area contributed by atoms with Crippen LogP contribution in [-0.4, -0.2) is 5.78 Å². The summed E-state index contributed by atoms with van der Waals surface area (Å²) in [5.41, 5.74) is 2.85. The van der Waals surface area contributed by atoms with Crippen molar-refractivity contribution < 1.29 is 4.79 Å². The fourth-order valence-corrected chi connectivity index (χ4v) is 1.64. The number of hydrogen-bond donors (Lipinski definition) is 1. The van der Waals surface area contributed by atoms with E-state index in [9.17, 15) is 4.79 Å². The van der Waals surface area contributed by atoms with Crippen molar-refractivity contribution >= 4 is 11.5 Å². The van der Waals surface area contributed by atoms with E-state index in [0.29, 0.717) is 5.56 Å². The molecule has 0 aromatic heterocycles. The van der Waals surface area contributed by atoms with Crippen molar-refractivity contribution in [3.8, 4) is 0 Å². The van der Waals surface area contributed by atoms with Gasteiger partial charge in [0, 0.05) is 23.5 Å². The minimum atomic E-state index is -0.00307. The lowest BCUT2D eigenvalue weighted by atomic mass is 10.1. The number of carbonyl (C=O) groups excluding carboxylic acids is 1. The standard InChI is InChI=1S/C16H15NO/c1-13-7-5-6-10-15(13)17-12-11-16(18)14-8-3-2-4-9-14/h2-12,17H,1H3/b12-11+. The van der Waals surface area contributed by atoms with Crippen LogP contribution in [0.25, 0.3) is 0 Å². The lowest BCUT2D eigenvalue weighted by Crippen LogP contribution is -1.96. The van der Waals surface area contributed by atoms with Crippen molar-refractivity contribution in [2.24, 2.45) is 0 Å². The summed E-state index contributed by atoms with van der Waals surface area (Å²) >= 11 is 0. The predicted molar refractivity (Wildman–Crippen MR) is 74.7 cm³/mol. The Bertz CT molecular complexity index is 558. The van der Waals surface area contributed by atoms with Crippen molar-refractivity contribution in [3.05, 3.63) is 78.0 Å². The maximum absolute atomic E-state index is 11.8. The van der Waals surface area contributed by atoms with Crippen molar-refractivity contribution in [2.45, 2.75) is 6.92 Å². The molecule has 0 bridgehead atoms. The third kappa shape index (κ3) is 3.08. The summed E-state index contributed by atoms with van der Waals surface area (Å²) in [6.07, 6.45) is 3.22. The average molecular weight is 237 g/mol. The van der Waals surface area contributed by atoms with Crippen LogP contribution in [0.15, 0.2) is 66.9 Å². The number of allylic oxidation sites excluding steroid dienone is 1. The quantitative estimate of drug-likeness (QED) is 0.647. The van der Waals surface area contributed by atoms with Gasteiger partial charge in [-0.3, -0.25) is 4.79 Å². The first-order chi connectivity index (χ1) is 8.77. The van der Waals surface area contributed by atoms with Crippen LogP contribution in [0.3, 0.4) is 0 Å². The molecule has 2 aromatic rings. The molecule has 2 nitrogen and oxygen atoms in total. The number of hydrogen-bond acceptors (Lipinski definition) is 2. The lowest BCUT2D eigenvalue weighted by molar-refractivity contribution is 0.104. The van der Waals surface area contributed by atoms with Crippen LogP contribution in [0.2, 0.25) is 0 Å². The van der Waals surface area contributed by atoms with Gasteiger partial charge in [-0.05, 0) is 18.6 Å². The van der Waals surface area contributed by atoms with Gasteiger partial charge in [0.25, 0.3) is 0 Å². The molecule has 2 rings (SSSR count). The van der Waals surface area contributed by atoms with Gasteiger partial charge < -0.3 is 5.32 Å². The Balaban J connectivity index is 2.01. The molecule has 0 saturated carbocycles. The number of ketones is 1. The average Bonchev–Trinajstić information content (AvgIpc) is 2.42. The molecule has 90 valence electrons. The van der Waals surface area contributed by atoms with Gasteiger partial charge in [0.1, 0.15) is 0 Å². The van der Waals surface area contributed by atoms with Crippen LogP contribution < -0.4 is 5.32 Å². The van der Waals surface area contributed by atoms with Gasteiger partial charge in [0.2, 0.25) is 0 Å². The normalized spacial score (nSPS) is 10.5. The number of aryl methyl sites for hydroxylation is 1. The Hall–Kier alpha value is -2.35. The highest BCUT2D eigenvalue weighted by Gasteiger charge is 1.99. The Morgan fingerprint density at radius 2 is 1.67 bits per heavy atom. The highest BCUT2D eigenvalue weighted by atomic mass is 16.1.